The summed E-state index contributed by atoms with van der Waals surface area (Å²) in [7, 11) is 0. The minimum atomic E-state index is 0.395. The Morgan fingerprint density at radius 3 is 2.45 bits per heavy atom. The minimum Gasteiger partial charge on any atom is -0.307 e. The molecule has 20 heavy (non-hydrogen) atoms. The molecule has 1 fully saturated rings. The number of benzene rings is 1. The van der Waals surface area contributed by atoms with Gasteiger partial charge in [-0.2, -0.15) is 0 Å². The molecule has 3 atom stereocenters. The molecule has 1 N–H and O–H groups in total. The fourth-order valence-corrected chi connectivity index (χ4v) is 4.23. The first-order valence-corrected chi connectivity index (χ1v) is 8.69. The van der Waals surface area contributed by atoms with Crippen molar-refractivity contribution in [1.29, 1.82) is 0 Å². The third-order valence-electron chi connectivity index (χ3n) is 4.71. The Kier molecular flexibility index (Phi) is 5.30. The molecule has 0 bridgehead atoms. The highest BCUT2D eigenvalue weighted by molar-refractivity contribution is 9.10. The quantitative estimate of drug-likeness (QED) is 0.745. The van der Waals surface area contributed by atoms with Crippen molar-refractivity contribution < 1.29 is 0 Å². The normalized spacial score (nSPS) is 25.4. The van der Waals surface area contributed by atoms with E-state index in [-0.39, 0.29) is 0 Å². The number of hydrogen-bond acceptors (Lipinski definition) is 1. The number of hydrogen-bond donors (Lipinski definition) is 1. The Morgan fingerprint density at radius 2 is 1.80 bits per heavy atom. The van der Waals surface area contributed by atoms with Gasteiger partial charge in [0.2, 0.25) is 0 Å². The zero-order valence-corrected chi connectivity index (χ0v) is 14.8. The lowest BCUT2D eigenvalue weighted by molar-refractivity contribution is 0.124. The van der Waals surface area contributed by atoms with E-state index in [1.807, 2.05) is 0 Å². The van der Waals surface area contributed by atoms with E-state index in [4.69, 9.17) is 0 Å². The average molecular weight is 338 g/mol. The van der Waals surface area contributed by atoms with Crippen LogP contribution in [0.1, 0.15) is 65.0 Å². The van der Waals surface area contributed by atoms with E-state index < -0.39 is 0 Å². The van der Waals surface area contributed by atoms with Crippen LogP contribution in [0.2, 0.25) is 0 Å². The van der Waals surface area contributed by atoms with E-state index in [1.54, 1.807) is 0 Å². The van der Waals surface area contributed by atoms with Gasteiger partial charge < -0.3 is 5.32 Å². The summed E-state index contributed by atoms with van der Waals surface area (Å²) in [5.41, 5.74) is 1.76. The van der Waals surface area contributed by atoms with E-state index in [9.17, 15) is 0 Å². The van der Waals surface area contributed by atoms with Gasteiger partial charge in [0.25, 0.3) is 0 Å². The summed E-state index contributed by atoms with van der Waals surface area (Å²) in [6.07, 6.45) is 5.44. The largest absolute Gasteiger partial charge is 0.307 e. The molecule has 2 heteroatoms. The third-order valence-corrected chi connectivity index (χ3v) is 5.44. The maximum Gasteiger partial charge on any atom is 0.0305 e. The molecule has 0 heterocycles. The zero-order chi connectivity index (χ0) is 14.8. The fraction of sp³-hybridized carbons (Fsp3) is 0.667. The van der Waals surface area contributed by atoms with Gasteiger partial charge in [-0.25, -0.2) is 0 Å². The standard InChI is InChI=1S/C18H28BrN/c1-13(14-9-5-7-11-16(14)19)20-17-12-8-6-10-15(17)18(2,3)4/h5,7,9,11,13,15,17,20H,6,8,10,12H2,1-4H3/t13-,15?,17?/m1/s1. The predicted molar refractivity (Wildman–Crippen MR) is 90.9 cm³/mol. The van der Waals surface area contributed by atoms with E-state index in [0.717, 1.165) is 5.92 Å². The number of halogens is 1. The molecule has 1 aromatic rings. The van der Waals surface area contributed by atoms with Crippen LogP contribution in [0.25, 0.3) is 0 Å². The molecule has 1 nitrogen and oxygen atoms in total. The van der Waals surface area contributed by atoms with Crippen molar-refractivity contribution >= 4 is 15.9 Å². The summed E-state index contributed by atoms with van der Waals surface area (Å²) in [5.74, 6) is 0.779. The Balaban J connectivity index is 2.09. The van der Waals surface area contributed by atoms with Crippen LogP contribution in [0.3, 0.4) is 0 Å². The lowest BCUT2D eigenvalue weighted by atomic mass is 9.69. The van der Waals surface area contributed by atoms with Crippen LogP contribution in [0.4, 0.5) is 0 Å². The molecule has 0 spiro atoms. The van der Waals surface area contributed by atoms with Gasteiger partial charge in [0.1, 0.15) is 0 Å². The van der Waals surface area contributed by atoms with Gasteiger partial charge in [-0.1, -0.05) is 67.7 Å². The summed E-state index contributed by atoms with van der Waals surface area (Å²) in [6.45, 7) is 9.46. The smallest absolute Gasteiger partial charge is 0.0305 e. The van der Waals surface area contributed by atoms with E-state index in [0.29, 0.717) is 17.5 Å². The van der Waals surface area contributed by atoms with Crippen molar-refractivity contribution in [1.82, 2.24) is 5.32 Å². The summed E-state index contributed by atoms with van der Waals surface area (Å²) in [6, 6.07) is 9.61. The highest BCUT2D eigenvalue weighted by Crippen LogP contribution is 2.39. The van der Waals surface area contributed by atoms with Crippen LogP contribution in [0, 0.1) is 11.3 Å². The van der Waals surface area contributed by atoms with Gasteiger partial charge in [-0.05, 0) is 42.7 Å². The lowest BCUT2D eigenvalue weighted by Gasteiger charge is -2.42. The number of nitrogens with one attached hydrogen (secondary N) is 1. The molecule has 0 aliphatic heterocycles. The van der Waals surface area contributed by atoms with E-state index in [1.165, 1.54) is 35.7 Å². The van der Waals surface area contributed by atoms with Crippen LogP contribution in [-0.2, 0) is 0 Å². The average Bonchev–Trinajstić information content (AvgIpc) is 2.38. The summed E-state index contributed by atoms with van der Waals surface area (Å²) >= 11 is 3.68. The Bertz CT molecular complexity index is 435. The molecule has 2 unspecified atom stereocenters. The maximum atomic E-state index is 3.90. The van der Waals surface area contributed by atoms with Crippen LogP contribution in [-0.4, -0.2) is 6.04 Å². The molecular formula is C18H28BrN. The molecule has 1 aliphatic rings. The molecule has 0 radical (unpaired) electrons. The summed E-state index contributed by atoms with van der Waals surface area (Å²) in [5, 5.41) is 3.90. The van der Waals surface area contributed by atoms with Crippen molar-refractivity contribution in [2.24, 2.45) is 11.3 Å². The molecule has 112 valence electrons. The molecule has 0 amide bonds. The molecule has 2 rings (SSSR count). The molecular weight excluding hydrogens is 310 g/mol. The van der Waals surface area contributed by atoms with Gasteiger partial charge in [-0.15, -0.1) is 0 Å². The van der Waals surface area contributed by atoms with Crippen molar-refractivity contribution in [2.75, 3.05) is 0 Å². The Morgan fingerprint density at radius 1 is 1.15 bits per heavy atom. The molecule has 1 aromatic carbocycles. The van der Waals surface area contributed by atoms with Gasteiger partial charge in [-0.3, -0.25) is 0 Å². The second-order valence-corrected chi connectivity index (χ2v) is 8.13. The molecule has 0 saturated heterocycles. The monoisotopic (exact) mass is 337 g/mol. The number of rotatable bonds is 3. The van der Waals surface area contributed by atoms with Crippen LogP contribution in [0.5, 0.6) is 0 Å². The first kappa shape index (κ1) is 16.0. The predicted octanol–water partition coefficient (Wildman–Crippen LogP) is 5.70. The van der Waals surface area contributed by atoms with Crippen molar-refractivity contribution in [3.05, 3.63) is 34.3 Å². The Labute approximate surface area is 132 Å². The van der Waals surface area contributed by atoms with Gasteiger partial charge in [0, 0.05) is 16.6 Å². The van der Waals surface area contributed by atoms with Crippen molar-refractivity contribution in [3.63, 3.8) is 0 Å². The fourth-order valence-electron chi connectivity index (χ4n) is 3.60. The van der Waals surface area contributed by atoms with Gasteiger partial charge in [0.05, 0.1) is 0 Å². The molecule has 0 aromatic heterocycles. The van der Waals surface area contributed by atoms with Gasteiger partial charge in [0.15, 0.2) is 0 Å². The second-order valence-electron chi connectivity index (χ2n) is 7.27. The van der Waals surface area contributed by atoms with Crippen LogP contribution >= 0.6 is 15.9 Å². The first-order chi connectivity index (χ1) is 9.39. The van der Waals surface area contributed by atoms with Crippen molar-refractivity contribution in [3.8, 4) is 0 Å². The highest BCUT2D eigenvalue weighted by Gasteiger charge is 2.34. The summed E-state index contributed by atoms with van der Waals surface area (Å²) < 4.78 is 1.21. The first-order valence-electron chi connectivity index (χ1n) is 7.90. The highest BCUT2D eigenvalue weighted by atomic mass is 79.9. The topological polar surface area (TPSA) is 12.0 Å². The van der Waals surface area contributed by atoms with E-state index >= 15 is 0 Å². The lowest BCUT2D eigenvalue weighted by Crippen LogP contribution is -2.45. The zero-order valence-electron chi connectivity index (χ0n) is 13.2. The van der Waals surface area contributed by atoms with E-state index in [2.05, 4.69) is 73.2 Å². The van der Waals surface area contributed by atoms with Crippen LogP contribution < -0.4 is 5.32 Å². The molecule has 1 saturated carbocycles. The SMILES string of the molecule is C[C@@H](NC1CCCCC1C(C)(C)C)c1ccccc1Br. The van der Waals surface area contributed by atoms with Crippen LogP contribution in [0.15, 0.2) is 28.7 Å². The Hall–Kier alpha value is -0.340. The summed E-state index contributed by atoms with van der Waals surface area (Å²) in [4.78, 5) is 0. The van der Waals surface area contributed by atoms with Crippen molar-refractivity contribution in [2.45, 2.75) is 65.5 Å². The third kappa shape index (κ3) is 3.85. The minimum absolute atomic E-state index is 0.395. The van der Waals surface area contributed by atoms with Gasteiger partial charge >= 0.3 is 0 Å². The maximum absolute atomic E-state index is 3.90. The molecule has 1 aliphatic carbocycles. The second kappa shape index (κ2) is 6.62.